The summed E-state index contributed by atoms with van der Waals surface area (Å²) in [5, 5.41) is 1.43. The van der Waals surface area contributed by atoms with E-state index in [1.807, 2.05) is 0 Å². The van der Waals surface area contributed by atoms with Gasteiger partial charge in [0.15, 0.2) is 0 Å². The molecule has 2 aromatic carbocycles. The Kier molecular flexibility index (Phi) is 4.73. The molecule has 0 saturated carbocycles. The van der Waals surface area contributed by atoms with Crippen molar-refractivity contribution in [3.05, 3.63) is 71.4 Å². The van der Waals surface area contributed by atoms with Crippen LogP contribution in [-0.4, -0.2) is 39.5 Å². The molecular formula is C25H31N3. The molecule has 2 aliphatic heterocycles. The fraction of sp³-hybridized carbons (Fsp3) is 0.440. The highest BCUT2D eigenvalue weighted by Crippen LogP contribution is 2.34. The smallest absolute Gasteiger partial charge is 0.0459 e. The van der Waals surface area contributed by atoms with Crippen LogP contribution < -0.4 is 0 Å². The third-order valence-corrected chi connectivity index (χ3v) is 7.02. The second-order valence-electron chi connectivity index (χ2n) is 8.85. The number of fused-ring (bicyclic) bond motifs is 4. The van der Waals surface area contributed by atoms with Gasteiger partial charge in [0, 0.05) is 54.4 Å². The second kappa shape index (κ2) is 7.38. The lowest BCUT2D eigenvalue weighted by molar-refractivity contribution is 0.0373. The molecule has 0 amide bonds. The molecule has 0 bridgehead atoms. The van der Waals surface area contributed by atoms with Crippen LogP contribution in [0.2, 0.25) is 0 Å². The molecule has 3 nitrogen and oxygen atoms in total. The molecule has 1 fully saturated rings. The molecule has 28 heavy (non-hydrogen) atoms. The maximum atomic E-state index is 3.71. The lowest BCUT2D eigenvalue weighted by Crippen LogP contribution is -2.54. The summed E-state index contributed by atoms with van der Waals surface area (Å²) in [5.41, 5.74) is 5.72. The van der Waals surface area contributed by atoms with Crippen molar-refractivity contribution >= 4 is 10.9 Å². The predicted octanol–water partition coefficient (Wildman–Crippen LogP) is 4.97. The Morgan fingerprint density at radius 3 is 2.54 bits per heavy atom. The van der Waals surface area contributed by atoms with Gasteiger partial charge in [-0.15, -0.1) is 0 Å². The summed E-state index contributed by atoms with van der Waals surface area (Å²) < 4.78 is 0. The Morgan fingerprint density at radius 1 is 0.929 bits per heavy atom. The van der Waals surface area contributed by atoms with Crippen molar-refractivity contribution in [2.45, 2.75) is 64.3 Å². The topological polar surface area (TPSA) is 22.3 Å². The van der Waals surface area contributed by atoms with Gasteiger partial charge < -0.3 is 4.98 Å². The van der Waals surface area contributed by atoms with E-state index in [1.54, 1.807) is 5.56 Å². The molecule has 2 aliphatic rings. The van der Waals surface area contributed by atoms with E-state index in [2.05, 4.69) is 83.2 Å². The van der Waals surface area contributed by atoms with Crippen molar-refractivity contribution in [1.82, 2.24) is 14.8 Å². The largest absolute Gasteiger partial charge is 0.357 e. The minimum Gasteiger partial charge on any atom is -0.357 e. The number of hydrogen-bond acceptors (Lipinski definition) is 2. The van der Waals surface area contributed by atoms with Crippen LogP contribution in [0.15, 0.2) is 54.6 Å². The Balaban J connectivity index is 1.46. The molecule has 3 atom stereocenters. The molecule has 0 aliphatic carbocycles. The van der Waals surface area contributed by atoms with Gasteiger partial charge in [0.1, 0.15) is 0 Å². The molecule has 3 heterocycles. The number of nitrogens with one attached hydrogen (secondary N) is 1. The molecule has 146 valence electrons. The second-order valence-corrected chi connectivity index (χ2v) is 8.85. The van der Waals surface area contributed by atoms with E-state index in [0.29, 0.717) is 18.1 Å². The number of para-hydroxylation sites is 1. The summed E-state index contributed by atoms with van der Waals surface area (Å²) >= 11 is 0. The Labute approximate surface area is 168 Å². The molecule has 0 unspecified atom stereocenters. The highest BCUT2D eigenvalue weighted by Gasteiger charge is 2.35. The van der Waals surface area contributed by atoms with Crippen LogP contribution >= 0.6 is 0 Å². The van der Waals surface area contributed by atoms with Crippen LogP contribution in [0.25, 0.3) is 10.9 Å². The number of nitrogens with zero attached hydrogens (tertiary/aromatic N) is 2. The van der Waals surface area contributed by atoms with E-state index in [0.717, 1.165) is 26.1 Å². The predicted molar refractivity (Wildman–Crippen MR) is 116 cm³/mol. The van der Waals surface area contributed by atoms with E-state index in [9.17, 15) is 0 Å². The van der Waals surface area contributed by atoms with Crippen LogP contribution in [-0.2, 0) is 19.5 Å². The summed E-state index contributed by atoms with van der Waals surface area (Å²) in [4.78, 5) is 9.20. The molecular weight excluding hydrogens is 342 g/mol. The van der Waals surface area contributed by atoms with Crippen LogP contribution in [0, 0.1) is 0 Å². The van der Waals surface area contributed by atoms with Crippen LogP contribution in [0.5, 0.6) is 0 Å². The molecule has 1 saturated heterocycles. The quantitative estimate of drug-likeness (QED) is 0.685. The third-order valence-electron chi connectivity index (χ3n) is 7.02. The lowest BCUT2D eigenvalue weighted by Gasteiger charge is -2.46. The monoisotopic (exact) mass is 373 g/mol. The molecule has 3 aromatic rings. The van der Waals surface area contributed by atoms with Gasteiger partial charge in [0.2, 0.25) is 0 Å². The molecule has 5 rings (SSSR count). The van der Waals surface area contributed by atoms with Crippen molar-refractivity contribution in [2.24, 2.45) is 0 Å². The standard InChI is InChI=1S/C25H31N3/c1-18-12-13-19(2)28-17-25-23(22-10-6-7-11-24(22)26-25)14-21(28)16-27(18)15-20-8-4-3-5-9-20/h3-11,18-19,21,26H,12-17H2,1-2H3/t18-,19-,21-/m0/s1. The van der Waals surface area contributed by atoms with Gasteiger partial charge in [-0.1, -0.05) is 48.5 Å². The molecule has 1 aromatic heterocycles. The number of H-pyrrole nitrogens is 1. The molecule has 3 heteroatoms. The normalized spacial score (nSPS) is 26.4. The van der Waals surface area contributed by atoms with E-state index in [-0.39, 0.29) is 0 Å². The van der Waals surface area contributed by atoms with Gasteiger partial charge in [0.25, 0.3) is 0 Å². The number of benzene rings is 2. The van der Waals surface area contributed by atoms with Crippen molar-refractivity contribution in [3.8, 4) is 0 Å². The Morgan fingerprint density at radius 2 is 1.68 bits per heavy atom. The van der Waals surface area contributed by atoms with Crippen LogP contribution in [0.3, 0.4) is 0 Å². The van der Waals surface area contributed by atoms with E-state index < -0.39 is 0 Å². The maximum Gasteiger partial charge on any atom is 0.0459 e. The van der Waals surface area contributed by atoms with Gasteiger partial charge >= 0.3 is 0 Å². The highest BCUT2D eigenvalue weighted by molar-refractivity contribution is 5.84. The van der Waals surface area contributed by atoms with Gasteiger partial charge in [-0.05, 0) is 50.3 Å². The van der Waals surface area contributed by atoms with Gasteiger partial charge in [0.05, 0.1) is 0 Å². The first kappa shape index (κ1) is 18.0. The fourth-order valence-electron chi connectivity index (χ4n) is 5.29. The SMILES string of the molecule is C[C@H]1CC[C@H](C)N2Cc3[nH]c4ccccc4c3C[C@H]2CN1Cc1ccccc1. The number of aromatic nitrogens is 1. The minimum absolute atomic E-state index is 0.591. The van der Waals surface area contributed by atoms with Crippen LogP contribution in [0.4, 0.5) is 0 Å². The summed E-state index contributed by atoms with van der Waals surface area (Å²) in [6.07, 6.45) is 3.71. The molecule has 1 N–H and O–H groups in total. The van der Waals surface area contributed by atoms with Crippen LogP contribution in [0.1, 0.15) is 43.5 Å². The highest BCUT2D eigenvalue weighted by atomic mass is 15.3. The summed E-state index contributed by atoms with van der Waals surface area (Å²) in [7, 11) is 0. The fourth-order valence-corrected chi connectivity index (χ4v) is 5.29. The number of hydrogen-bond donors (Lipinski definition) is 1. The van der Waals surface area contributed by atoms with Crippen molar-refractivity contribution < 1.29 is 0 Å². The van der Waals surface area contributed by atoms with Gasteiger partial charge in [-0.3, -0.25) is 9.80 Å². The Bertz CT molecular complexity index is 945. The zero-order valence-corrected chi connectivity index (χ0v) is 17.1. The van der Waals surface area contributed by atoms with Crippen molar-refractivity contribution in [1.29, 1.82) is 0 Å². The number of rotatable bonds is 2. The van der Waals surface area contributed by atoms with Crippen molar-refractivity contribution in [3.63, 3.8) is 0 Å². The average Bonchev–Trinajstić information content (AvgIpc) is 3.08. The average molecular weight is 374 g/mol. The summed E-state index contributed by atoms with van der Waals surface area (Å²) in [5.74, 6) is 0. The first-order chi connectivity index (χ1) is 13.7. The zero-order valence-electron chi connectivity index (χ0n) is 17.1. The first-order valence-electron chi connectivity index (χ1n) is 10.8. The minimum atomic E-state index is 0.591. The number of aromatic amines is 1. The molecule has 0 radical (unpaired) electrons. The van der Waals surface area contributed by atoms with E-state index in [4.69, 9.17) is 0 Å². The summed E-state index contributed by atoms with van der Waals surface area (Å²) in [6, 6.07) is 21.7. The zero-order chi connectivity index (χ0) is 19.1. The molecule has 0 spiro atoms. The van der Waals surface area contributed by atoms with E-state index >= 15 is 0 Å². The lowest BCUT2D eigenvalue weighted by atomic mass is 9.91. The first-order valence-corrected chi connectivity index (χ1v) is 10.8. The third kappa shape index (κ3) is 3.27. The summed E-state index contributed by atoms with van der Waals surface area (Å²) in [6.45, 7) is 8.12. The van der Waals surface area contributed by atoms with Crippen molar-refractivity contribution in [2.75, 3.05) is 6.54 Å². The van der Waals surface area contributed by atoms with Gasteiger partial charge in [-0.25, -0.2) is 0 Å². The maximum absolute atomic E-state index is 3.71. The Hall–Kier alpha value is -2.10. The van der Waals surface area contributed by atoms with Gasteiger partial charge in [-0.2, -0.15) is 0 Å². The van der Waals surface area contributed by atoms with E-state index in [1.165, 1.54) is 35.0 Å².